The number of carbonyl (C=O) groups excluding carboxylic acids is 3. The molecule has 0 saturated heterocycles. The van der Waals surface area contributed by atoms with Gasteiger partial charge in [-0.25, -0.2) is 0 Å². The van der Waals surface area contributed by atoms with E-state index in [2.05, 4.69) is 23.8 Å². The van der Waals surface area contributed by atoms with Crippen LogP contribution >= 0.6 is 0 Å². The van der Waals surface area contributed by atoms with E-state index in [-0.39, 0.29) is 43.8 Å². The molecule has 0 aromatic heterocycles. The predicted molar refractivity (Wildman–Crippen MR) is 169 cm³/mol. The quantitative estimate of drug-likeness (QED) is 0.143. The van der Waals surface area contributed by atoms with E-state index in [4.69, 9.17) is 4.74 Å². The minimum absolute atomic E-state index is 0.0618. The molecule has 2 amide bonds. The van der Waals surface area contributed by atoms with Gasteiger partial charge in [-0.3, -0.25) is 14.4 Å². The van der Waals surface area contributed by atoms with Gasteiger partial charge in [-0.15, -0.1) is 13.2 Å². The van der Waals surface area contributed by atoms with Gasteiger partial charge < -0.3 is 20.5 Å². The van der Waals surface area contributed by atoms with Crippen molar-refractivity contribution in [3.05, 3.63) is 133 Å². The first-order valence-corrected chi connectivity index (χ1v) is 14.6. The molecule has 7 nitrogen and oxygen atoms in total. The number of aliphatic hydroxyl groups is 1. The number of hydrogen-bond donors (Lipinski definition) is 3. The minimum Gasteiger partial charge on any atom is -0.463 e. The van der Waals surface area contributed by atoms with E-state index in [0.717, 1.165) is 16.7 Å². The largest absolute Gasteiger partial charge is 0.463 e. The van der Waals surface area contributed by atoms with Crippen LogP contribution in [0.3, 0.4) is 0 Å². The third-order valence-corrected chi connectivity index (χ3v) is 7.18. The van der Waals surface area contributed by atoms with Gasteiger partial charge in [-0.2, -0.15) is 0 Å². The Bertz CT molecular complexity index is 1300. The highest BCUT2D eigenvalue weighted by atomic mass is 16.5. The molecule has 7 heteroatoms. The molecule has 0 aliphatic rings. The third kappa shape index (κ3) is 11.4. The molecule has 3 aromatic carbocycles. The molecule has 0 saturated carbocycles. The van der Waals surface area contributed by atoms with Gasteiger partial charge in [0.25, 0.3) is 0 Å². The first-order chi connectivity index (χ1) is 20.9. The molecule has 3 rings (SSSR count). The molecule has 0 bridgehead atoms. The molecule has 0 aliphatic heterocycles. The van der Waals surface area contributed by atoms with E-state index >= 15 is 0 Å². The number of carbonyl (C=O) groups is 3. The summed E-state index contributed by atoms with van der Waals surface area (Å²) in [7, 11) is 0. The summed E-state index contributed by atoms with van der Waals surface area (Å²) in [6, 6.07) is 27.5. The summed E-state index contributed by atoms with van der Waals surface area (Å²) >= 11 is 0. The summed E-state index contributed by atoms with van der Waals surface area (Å²) in [5.41, 5.74) is 2.79. The van der Waals surface area contributed by atoms with Crippen LogP contribution < -0.4 is 10.6 Å². The normalized spacial score (nSPS) is 13.5. The van der Waals surface area contributed by atoms with Crippen LogP contribution in [0, 0.1) is 11.8 Å². The van der Waals surface area contributed by atoms with Crippen LogP contribution in [0.2, 0.25) is 0 Å². The molecule has 0 spiro atoms. The van der Waals surface area contributed by atoms with Gasteiger partial charge in [-0.1, -0.05) is 103 Å². The van der Waals surface area contributed by atoms with Crippen LogP contribution in [0.1, 0.15) is 42.0 Å². The van der Waals surface area contributed by atoms with Crippen molar-refractivity contribution < 1.29 is 24.2 Å². The number of esters is 1. The molecular formula is C36H42N2O5. The SMILES string of the molecule is C=CC[C@@H](CC(=O)N[C@@H](CO)Cc1ccccc1)C(=O)N[C@@H](COC(=O)[C@H](CC=C)Cc1ccccc1)c1ccccc1. The van der Waals surface area contributed by atoms with Crippen LogP contribution in [-0.4, -0.2) is 42.1 Å². The van der Waals surface area contributed by atoms with Gasteiger partial charge >= 0.3 is 5.97 Å². The van der Waals surface area contributed by atoms with E-state index in [1.807, 2.05) is 91.0 Å². The van der Waals surface area contributed by atoms with Gasteiger partial charge in [0.15, 0.2) is 0 Å². The second-order valence-electron chi connectivity index (χ2n) is 10.6. The number of rotatable bonds is 18. The number of benzene rings is 3. The Morgan fingerprint density at radius 3 is 1.84 bits per heavy atom. The maximum absolute atomic E-state index is 13.5. The lowest BCUT2D eigenvalue weighted by Crippen LogP contribution is -2.42. The Morgan fingerprint density at radius 2 is 1.28 bits per heavy atom. The summed E-state index contributed by atoms with van der Waals surface area (Å²) in [5.74, 6) is -2.15. The lowest BCUT2D eigenvalue weighted by molar-refractivity contribution is -0.150. The number of aliphatic hydroxyl groups excluding tert-OH is 1. The fourth-order valence-electron chi connectivity index (χ4n) is 4.90. The van der Waals surface area contributed by atoms with Gasteiger partial charge in [0.1, 0.15) is 6.61 Å². The first kappa shape index (κ1) is 33.0. The van der Waals surface area contributed by atoms with Gasteiger partial charge in [0.2, 0.25) is 11.8 Å². The molecule has 0 unspecified atom stereocenters. The van der Waals surface area contributed by atoms with E-state index in [1.165, 1.54) is 0 Å². The highest BCUT2D eigenvalue weighted by Gasteiger charge is 2.27. The van der Waals surface area contributed by atoms with Crippen LogP contribution in [0.4, 0.5) is 0 Å². The average Bonchev–Trinajstić information content (AvgIpc) is 3.03. The molecular weight excluding hydrogens is 540 g/mol. The van der Waals surface area contributed by atoms with Crippen molar-refractivity contribution in [2.75, 3.05) is 13.2 Å². The first-order valence-electron chi connectivity index (χ1n) is 14.6. The van der Waals surface area contributed by atoms with Crippen LogP contribution in [0.25, 0.3) is 0 Å². The Hall–Kier alpha value is -4.49. The molecule has 0 radical (unpaired) electrons. The lowest BCUT2D eigenvalue weighted by Gasteiger charge is -2.24. The zero-order valence-electron chi connectivity index (χ0n) is 24.6. The van der Waals surface area contributed by atoms with E-state index in [0.29, 0.717) is 19.3 Å². The summed E-state index contributed by atoms with van der Waals surface area (Å²) in [5, 5.41) is 15.7. The third-order valence-electron chi connectivity index (χ3n) is 7.18. The molecule has 226 valence electrons. The van der Waals surface area contributed by atoms with Crippen molar-refractivity contribution in [3.8, 4) is 0 Å². The van der Waals surface area contributed by atoms with Crippen LogP contribution in [0.5, 0.6) is 0 Å². The van der Waals surface area contributed by atoms with Gasteiger partial charge in [0, 0.05) is 6.42 Å². The fourth-order valence-corrected chi connectivity index (χ4v) is 4.90. The number of ether oxygens (including phenoxy) is 1. The zero-order valence-corrected chi connectivity index (χ0v) is 24.6. The van der Waals surface area contributed by atoms with Crippen molar-refractivity contribution in [2.24, 2.45) is 11.8 Å². The smallest absolute Gasteiger partial charge is 0.309 e. The van der Waals surface area contributed by atoms with Crippen LogP contribution in [-0.2, 0) is 32.0 Å². The molecule has 0 fully saturated rings. The van der Waals surface area contributed by atoms with Gasteiger partial charge in [0.05, 0.1) is 30.5 Å². The average molecular weight is 583 g/mol. The topological polar surface area (TPSA) is 105 Å². The minimum atomic E-state index is -0.693. The standard InChI is InChI=1S/C36H42N2O5/c1-3-14-30(24-34(40)37-32(25-39)23-28-18-10-6-11-19-28)35(41)38-33(29-20-12-7-13-21-29)26-43-36(42)31(15-4-2)22-27-16-8-5-9-17-27/h3-13,16-21,30-33,39H,1-2,14-15,22-26H2,(H,37,40)(H,38,41)/t30-,31+,32+,33-/m0/s1. The van der Waals surface area contributed by atoms with Crippen molar-refractivity contribution in [1.82, 2.24) is 10.6 Å². The number of allylic oxidation sites excluding steroid dienone is 2. The maximum atomic E-state index is 13.5. The summed E-state index contributed by atoms with van der Waals surface area (Å²) in [4.78, 5) is 39.5. The number of amides is 2. The maximum Gasteiger partial charge on any atom is 0.309 e. The summed E-state index contributed by atoms with van der Waals surface area (Å²) < 4.78 is 5.76. The molecule has 4 atom stereocenters. The lowest BCUT2D eigenvalue weighted by atomic mass is 9.96. The molecule has 0 heterocycles. The van der Waals surface area contributed by atoms with Crippen molar-refractivity contribution in [3.63, 3.8) is 0 Å². The molecule has 3 aromatic rings. The fraction of sp³-hybridized carbons (Fsp3) is 0.306. The van der Waals surface area contributed by atoms with Crippen molar-refractivity contribution in [1.29, 1.82) is 0 Å². The number of nitrogens with one attached hydrogen (secondary N) is 2. The molecule has 3 N–H and O–H groups in total. The summed E-state index contributed by atoms with van der Waals surface area (Å²) in [6.45, 7) is 7.27. The van der Waals surface area contributed by atoms with E-state index < -0.39 is 23.9 Å². The second kappa shape index (κ2) is 18.1. The summed E-state index contributed by atoms with van der Waals surface area (Å²) in [6.07, 6.45) is 4.96. The highest BCUT2D eigenvalue weighted by molar-refractivity contribution is 5.86. The zero-order chi connectivity index (χ0) is 30.9. The van der Waals surface area contributed by atoms with Crippen LogP contribution in [0.15, 0.2) is 116 Å². The molecule has 43 heavy (non-hydrogen) atoms. The Morgan fingerprint density at radius 1 is 0.744 bits per heavy atom. The second-order valence-corrected chi connectivity index (χ2v) is 10.6. The molecule has 0 aliphatic carbocycles. The Kier molecular flexibility index (Phi) is 13.9. The van der Waals surface area contributed by atoms with Gasteiger partial charge in [-0.05, 0) is 42.4 Å². The van der Waals surface area contributed by atoms with E-state index in [9.17, 15) is 19.5 Å². The predicted octanol–water partition coefficient (Wildman–Crippen LogP) is 5.12. The van der Waals surface area contributed by atoms with Crippen molar-refractivity contribution in [2.45, 2.75) is 44.2 Å². The highest BCUT2D eigenvalue weighted by Crippen LogP contribution is 2.20. The monoisotopic (exact) mass is 582 g/mol. The van der Waals surface area contributed by atoms with Crippen molar-refractivity contribution >= 4 is 17.8 Å². The van der Waals surface area contributed by atoms with E-state index in [1.54, 1.807) is 12.2 Å². The Balaban J connectivity index is 1.65. The number of hydrogen-bond acceptors (Lipinski definition) is 5. The Labute approximate surface area is 254 Å².